The van der Waals surface area contributed by atoms with E-state index in [4.69, 9.17) is 4.74 Å². The van der Waals surface area contributed by atoms with E-state index in [1.54, 1.807) is 6.07 Å². The number of carbonyl (C=O) groups is 1. The van der Waals surface area contributed by atoms with Gasteiger partial charge in [-0.2, -0.15) is 0 Å². The Labute approximate surface area is 146 Å². The smallest absolute Gasteiger partial charge is 0.272 e. The van der Waals surface area contributed by atoms with E-state index in [0.29, 0.717) is 18.9 Å². The van der Waals surface area contributed by atoms with Crippen molar-refractivity contribution >= 4 is 11.6 Å². The summed E-state index contributed by atoms with van der Waals surface area (Å²) in [6.07, 6.45) is 4.53. The first kappa shape index (κ1) is 16.3. The molecule has 0 radical (unpaired) electrons. The molecule has 2 atom stereocenters. The van der Waals surface area contributed by atoms with E-state index < -0.39 is 0 Å². The molecule has 2 saturated heterocycles. The van der Waals surface area contributed by atoms with Crippen LogP contribution in [0.25, 0.3) is 5.65 Å². The highest BCUT2D eigenvalue weighted by molar-refractivity contribution is 5.79. The van der Waals surface area contributed by atoms with Crippen molar-refractivity contribution in [1.29, 1.82) is 0 Å². The number of ether oxygens (including phenoxy) is 1. The minimum atomic E-state index is -0.106. The van der Waals surface area contributed by atoms with Crippen LogP contribution in [0.5, 0.6) is 0 Å². The van der Waals surface area contributed by atoms with E-state index in [1.165, 1.54) is 4.52 Å². The van der Waals surface area contributed by atoms with Gasteiger partial charge in [0.25, 0.3) is 5.56 Å². The molecule has 1 amide bonds. The van der Waals surface area contributed by atoms with E-state index in [1.807, 2.05) is 17.9 Å². The molecular weight excluding hydrogens is 320 g/mol. The molecule has 0 unspecified atom stereocenters. The molecule has 2 fully saturated rings. The molecule has 0 aliphatic carbocycles. The summed E-state index contributed by atoms with van der Waals surface area (Å²) in [5, 5.41) is 3.18. The summed E-state index contributed by atoms with van der Waals surface area (Å²) in [7, 11) is 0. The van der Waals surface area contributed by atoms with Gasteiger partial charge in [-0.15, -0.1) is 0 Å². The third kappa shape index (κ3) is 2.97. The van der Waals surface area contributed by atoms with E-state index in [2.05, 4.69) is 10.1 Å². The van der Waals surface area contributed by atoms with Gasteiger partial charge in [0, 0.05) is 31.0 Å². The standard InChI is InChI=1S/C18H24N4O3/c1-2-13-9-17(23)22-16(19-13)10-14(20-22)15-5-3-4-7-21(15)18(24)12-6-8-25-11-12/h9-10,12,15,20H,2-8,11H2,1H3/t12-,15+/m1/s1. The highest BCUT2D eigenvalue weighted by Crippen LogP contribution is 2.32. The van der Waals surface area contributed by atoms with Gasteiger partial charge in [-0.05, 0) is 32.1 Å². The molecule has 2 aromatic heterocycles. The SMILES string of the molecule is CCc1cc(=O)n2[nH]c([C@@H]3CCCCN3C(=O)[C@@H]3CCOC3)cc2n1. The average Bonchev–Trinajstić information content (AvgIpc) is 3.31. The number of hydrogen-bond acceptors (Lipinski definition) is 4. The predicted octanol–water partition coefficient (Wildman–Crippen LogP) is 1.68. The number of amides is 1. The maximum Gasteiger partial charge on any atom is 0.272 e. The Morgan fingerprint density at radius 3 is 3.00 bits per heavy atom. The lowest BCUT2D eigenvalue weighted by Crippen LogP contribution is -2.42. The van der Waals surface area contributed by atoms with Gasteiger partial charge in [0.15, 0.2) is 5.65 Å². The normalized spacial score (nSPS) is 24.1. The lowest BCUT2D eigenvalue weighted by Gasteiger charge is -2.36. The van der Waals surface area contributed by atoms with Crippen molar-refractivity contribution in [2.24, 2.45) is 5.92 Å². The minimum absolute atomic E-state index is 0.0203. The van der Waals surface area contributed by atoms with Crippen molar-refractivity contribution in [3.63, 3.8) is 0 Å². The van der Waals surface area contributed by atoms with Crippen LogP contribution in [0.15, 0.2) is 16.9 Å². The van der Waals surface area contributed by atoms with Crippen molar-refractivity contribution in [1.82, 2.24) is 19.5 Å². The van der Waals surface area contributed by atoms with Gasteiger partial charge in [0.05, 0.1) is 24.3 Å². The van der Waals surface area contributed by atoms with Crippen LogP contribution in [0.4, 0.5) is 0 Å². The number of nitrogens with one attached hydrogen (secondary N) is 1. The van der Waals surface area contributed by atoms with Gasteiger partial charge in [0.2, 0.25) is 5.91 Å². The fourth-order valence-electron chi connectivity index (χ4n) is 3.89. The van der Waals surface area contributed by atoms with E-state index in [9.17, 15) is 9.59 Å². The molecule has 0 bridgehead atoms. The number of rotatable bonds is 3. The maximum absolute atomic E-state index is 12.9. The summed E-state index contributed by atoms with van der Waals surface area (Å²) in [4.78, 5) is 31.7. The summed E-state index contributed by atoms with van der Waals surface area (Å²) in [5.41, 5.74) is 2.20. The molecule has 0 saturated carbocycles. The number of carbonyl (C=O) groups excluding carboxylic acids is 1. The monoisotopic (exact) mass is 344 g/mol. The summed E-state index contributed by atoms with van der Waals surface area (Å²) in [6.45, 7) is 3.94. The number of hydrogen-bond donors (Lipinski definition) is 1. The zero-order valence-corrected chi connectivity index (χ0v) is 14.5. The Kier molecular flexibility index (Phi) is 4.33. The van der Waals surface area contributed by atoms with Crippen molar-refractivity contribution in [3.05, 3.63) is 33.9 Å². The topological polar surface area (TPSA) is 79.7 Å². The molecule has 4 heterocycles. The number of H-pyrrole nitrogens is 1. The highest BCUT2D eigenvalue weighted by atomic mass is 16.5. The van der Waals surface area contributed by atoms with Crippen LogP contribution in [0.2, 0.25) is 0 Å². The van der Waals surface area contributed by atoms with Gasteiger partial charge >= 0.3 is 0 Å². The maximum atomic E-state index is 12.9. The largest absolute Gasteiger partial charge is 0.381 e. The van der Waals surface area contributed by atoms with E-state index in [0.717, 1.165) is 50.0 Å². The Hall–Kier alpha value is -2.15. The molecule has 7 heteroatoms. The Balaban J connectivity index is 1.68. The molecule has 134 valence electrons. The molecule has 2 aliphatic heterocycles. The molecule has 0 spiro atoms. The minimum Gasteiger partial charge on any atom is -0.381 e. The second kappa shape index (κ2) is 6.63. The highest BCUT2D eigenvalue weighted by Gasteiger charge is 2.35. The Bertz CT molecular complexity index is 834. The first-order chi connectivity index (χ1) is 12.2. The van der Waals surface area contributed by atoms with E-state index in [-0.39, 0.29) is 23.4 Å². The van der Waals surface area contributed by atoms with Crippen molar-refractivity contribution in [2.45, 2.75) is 45.1 Å². The average molecular weight is 344 g/mol. The first-order valence-corrected chi connectivity index (χ1v) is 9.17. The van der Waals surface area contributed by atoms with E-state index >= 15 is 0 Å². The van der Waals surface area contributed by atoms with Gasteiger partial charge in [0.1, 0.15) is 0 Å². The molecular formula is C18H24N4O3. The summed E-state index contributed by atoms with van der Waals surface area (Å²) in [5.74, 6) is 0.146. The second-order valence-corrected chi connectivity index (χ2v) is 6.95. The molecule has 0 aromatic carbocycles. The summed E-state index contributed by atoms with van der Waals surface area (Å²) < 4.78 is 6.87. The number of fused-ring (bicyclic) bond motifs is 1. The van der Waals surface area contributed by atoms with Crippen LogP contribution >= 0.6 is 0 Å². The molecule has 2 aromatic rings. The third-order valence-electron chi connectivity index (χ3n) is 5.31. The quantitative estimate of drug-likeness (QED) is 0.919. The van der Waals surface area contributed by atoms with Crippen LogP contribution in [0.3, 0.4) is 0 Å². The van der Waals surface area contributed by atoms with Gasteiger partial charge in [-0.1, -0.05) is 6.92 Å². The van der Waals surface area contributed by atoms with Crippen LogP contribution in [-0.4, -0.2) is 45.2 Å². The number of aryl methyl sites for hydroxylation is 1. The van der Waals surface area contributed by atoms with Crippen LogP contribution in [0, 0.1) is 5.92 Å². The Morgan fingerprint density at radius 2 is 2.24 bits per heavy atom. The molecule has 2 aliphatic rings. The Morgan fingerprint density at radius 1 is 1.36 bits per heavy atom. The zero-order chi connectivity index (χ0) is 17.4. The van der Waals surface area contributed by atoms with Crippen molar-refractivity contribution in [2.75, 3.05) is 19.8 Å². The number of piperidine rings is 1. The van der Waals surface area contributed by atoms with Crippen molar-refractivity contribution < 1.29 is 9.53 Å². The number of aromatic amines is 1. The summed E-state index contributed by atoms with van der Waals surface area (Å²) >= 11 is 0. The molecule has 7 nitrogen and oxygen atoms in total. The van der Waals surface area contributed by atoms with Crippen LogP contribution in [-0.2, 0) is 16.0 Å². The van der Waals surface area contributed by atoms with Crippen molar-refractivity contribution in [3.8, 4) is 0 Å². The third-order valence-corrected chi connectivity index (χ3v) is 5.31. The first-order valence-electron chi connectivity index (χ1n) is 9.17. The number of nitrogens with zero attached hydrogens (tertiary/aromatic N) is 3. The number of likely N-dealkylation sites (tertiary alicyclic amines) is 1. The second-order valence-electron chi connectivity index (χ2n) is 6.95. The molecule has 4 rings (SSSR count). The van der Waals surface area contributed by atoms with Gasteiger partial charge in [-0.3, -0.25) is 14.7 Å². The van der Waals surface area contributed by atoms with Crippen LogP contribution in [0.1, 0.15) is 50.0 Å². The summed E-state index contributed by atoms with van der Waals surface area (Å²) in [6, 6.07) is 3.46. The fourth-order valence-corrected chi connectivity index (χ4v) is 3.89. The van der Waals surface area contributed by atoms with Crippen LogP contribution < -0.4 is 5.56 Å². The van der Waals surface area contributed by atoms with Gasteiger partial charge in [-0.25, -0.2) is 9.50 Å². The predicted molar refractivity (Wildman–Crippen MR) is 92.4 cm³/mol. The number of aromatic nitrogens is 3. The molecule has 1 N–H and O–H groups in total. The lowest BCUT2D eigenvalue weighted by atomic mass is 9.96. The zero-order valence-electron chi connectivity index (χ0n) is 14.5. The lowest BCUT2D eigenvalue weighted by molar-refractivity contribution is -0.139. The molecule has 25 heavy (non-hydrogen) atoms. The fraction of sp³-hybridized carbons (Fsp3) is 0.611. The van der Waals surface area contributed by atoms with Gasteiger partial charge < -0.3 is 9.64 Å².